The van der Waals surface area contributed by atoms with Crippen molar-refractivity contribution in [3.63, 3.8) is 0 Å². The number of aromatic nitrogens is 1. The molecule has 0 bridgehead atoms. The average molecular weight is 226 g/mol. The van der Waals surface area contributed by atoms with Crippen LogP contribution in [0.5, 0.6) is 0 Å². The smallest absolute Gasteiger partial charge is 0.0532 e. The molecule has 1 N–H and O–H groups in total. The summed E-state index contributed by atoms with van der Waals surface area (Å²) in [4.78, 5) is 4.17. The maximum Gasteiger partial charge on any atom is 0.0532 e. The van der Waals surface area contributed by atoms with E-state index in [1.54, 1.807) is 0 Å². The van der Waals surface area contributed by atoms with E-state index in [1.165, 1.54) is 22.3 Å². The lowest BCUT2D eigenvalue weighted by Crippen LogP contribution is -2.00. The van der Waals surface area contributed by atoms with Crippen molar-refractivity contribution in [1.82, 2.24) is 4.98 Å². The van der Waals surface area contributed by atoms with Gasteiger partial charge in [-0.25, -0.2) is 0 Å². The molecule has 1 aromatic carbocycles. The van der Waals surface area contributed by atoms with E-state index in [0.717, 1.165) is 12.2 Å². The van der Waals surface area contributed by atoms with Crippen LogP contribution < -0.4 is 5.32 Å². The molecular weight excluding hydrogens is 208 g/mol. The number of hydrogen-bond acceptors (Lipinski definition) is 2. The highest BCUT2D eigenvalue weighted by Crippen LogP contribution is 2.12. The molecule has 0 unspecified atom stereocenters. The van der Waals surface area contributed by atoms with E-state index in [2.05, 4.69) is 55.3 Å². The molecule has 0 atom stereocenters. The van der Waals surface area contributed by atoms with E-state index in [0.29, 0.717) is 0 Å². The molecule has 2 nitrogen and oxygen atoms in total. The van der Waals surface area contributed by atoms with Crippen LogP contribution in [0, 0.1) is 20.8 Å². The van der Waals surface area contributed by atoms with Crippen LogP contribution in [0.4, 0.5) is 5.69 Å². The molecule has 0 spiro atoms. The van der Waals surface area contributed by atoms with Crippen LogP contribution in [0.1, 0.15) is 22.3 Å². The lowest BCUT2D eigenvalue weighted by atomic mass is 10.1. The fraction of sp³-hybridized carbons (Fsp3) is 0.267. The normalized spacial score (nSPS) is 10.3. The lowest BCUT2D eigenvalue weighted by Gasteiger charge is -2.08. The molecule has 0 saturated heterocycles. The van der Waals surface area contributed by atoms with Crippen LogP contribution in [-0.4, -0.2) is 4.98 Å². The Kier molecular flexibility index (Phi) is 3.43. The van der Waals surface area contributed by atoms with Gasteiger partial charge in [0, 0.05) is 18.9 Å². The Hall–Kier alpha value is -1.83. The van der Waals surface area contributed by atoms with Crippen molar-refractivity contribution < 1.29 is 0 Å². The summed E-state index contributed by atoms with van der Waals surface area (Å²) >= 11 is 0. The number of nitrogens with zero attached hydrogens (tertiary/aromatic N) is 1. The molecule has 0 fully saturated rings. The largest absolute Gasteiger partial charge is 0.380 e. The number of pyridine rings is 1. The zero-order chi connectivity index (χ0) is 12.3. The van der Waals surface area contributed by atoms with Crippen LogP contribution in [0.2, 0.25) is 0 Å². The van der Waals surface area contributed by atoms with Crippen LogP contribution in [-0.2, 0) is 6.54 Å². The first-order chi connectivity index (χ1) is 8.13. The summed E-state index contributed by atoms with van der Waals surface area (Å²) in [5, 5.41) is 3.39. The van der Waals surface area contributed by atoms with Gasteiger partial charge < -0.3 is 5.32 Å². The summed E-state index contributed by atoms with van der Waals surface area (Å²) < 4.78 is 0. The van der Waals surface area contributed by atoms with Gasteiger partial charge >= 0.3 is 0 Å². The maximum atomic E-state index is 4.17. The molecular formula is C15H18N2. The second kappa shape index (κ2) is 5.00. The van der Waals surface area contributed by atoms with Crippen molar-refractivity contribution in [3.05, 3.63) is 58.9 Å². The van der Waals surface area contributed by atoms with E-state index < -0.39 is 0 Å². The Morgan fingerprint density at radius 2 is 1.59 bits per heavy atom. The van der Waals surface area contributed by atoms with Gasteiger partial charge in [0.1, 0.15) is 0 Å². The first kappa shape index (κ1) is 11.6. The predicted octanol–water partition coefficient (Wildman–Crippen LogP) is 3.62. The van der Waals surface area contributed by atoms with Gasteiger partial charge in [-0.1, -0.05) is 29.3 Å². The van der Waals surface area contributed by atoms with Crippen LogP contribution in [0.15, 0.2) is 36.7 Å². The van der Waals surface area contributed by atoms with Crippen molar-refractivity contribution in [2.24, 2.45) is 0 Å². The molecule has 0 aliphatic rings. The molecule has 88 valence electrons. The Labute approximate surface area is 103 Å². The molecule has 1 aromatic heterocycles. The molecule has 0 amide bonds. The molecule has 2 heteroatoms. The van der Waals surface area contributed by atoms with Crippen molar-refractivity contribution in [2.75, 3.05) is 5.32 Å². The van der Waals surface area contributed by atoms with Gasteiger partial charge in [0.15, 0.2) is 0 Å². The highest BCUT2D eigenvalue weighted by atomic mass is 14.9. The summed E-state index contributed by atoms with van der Waals surface area (Å²) in [7, 11) is 0. The van der Waals surface area contributed by atoms with Gasteiger partial charge in [0.25, 0.3) is 0 Å². The van der Waals surface area contributed by atoms with Gasteiger partial charge in [-0.2, -0.15) is 0 Å². The minimum atomic E-state index is 0.841. The Morgan fingerprint density at radius 3 is 2.24 bits per heavy atom. The third-order valence-electron chi connectivity index (χ3n) is 2.65. The summed E-state index contributed by atoms with van der Waals surface area (Å²) in [6, 6.07) is 8.72. The zero-order valence-corrected chi connectivity index (χ0v) is 10.6. The average Bonchev–Trinajstić information content (AvgIpc) is 2.25. The van der Waals surface area contributed by atoms with Crippen molar-refractivity contribution in [3.8, 4) is 0 Å². The van der Waals surface area contributed by atoms with Gasteiger partial charge in [0.2, 0.25) is 0 Å². The second-order valence-corrected chi connectivity index (χ2v) is 4.60. The second-order valence-electron chi connectivity index (χ2n) is 4.60. The molecule has 1 heterocycles. The molecule has 2 aromatic rings. The van der Waals surface area contributed by atoms with Gasteiger partial charge in [-0.05, 0) is 38.0 Å². The molecule has 17 heavy (non-hydrogen) atoms. The van der Waals surface area contributed by atoms with Gasteiger partial charge in [0.05, 0.1) is 5.69 Å². The van der Waals surface area contributed by atoms with E-state index in [4.69, 9.17) is 0 Å². The highest BCUT2D eigenvalue weighted by molar-refractivity contribution is 5.43. The first-order valence-electron chi connectivity index (χ1n) is 5.86. The monoisotopic (exact) mass is 226 g/mol. The van der Waals surface area contributed by atoms with Gasteiger partial charge in [-0.15, -0.1) is 0 Å². The Morgan fingerprint density at radius 1 is 0.882 bits per heavy atom. The first-order valence-corrected chi connectivity index (χ1v) is 5.86. The minimum Gasteiger partial charge on any atom is -0.380 e. The third-order valence-corrected chi connectivity index (χ3v) is 2.65. The fourth-order valence-electron chi connectivity index (χ4n) is 2.03. The number of aryl methyl sites for hydroxylation is 3. The topological polar surface area (TPSA) is 24.9 Å². The van der Waals surface area contributed by atoms with Crippen molar-refractivity contribution in [1.29, 1.82) is 0 Å². The van der Waals surface area contributed by atoms with Crippen LogP contribution >= 0.6 is 0 Å². The summed E-state index contributed by atoms with van der Waals surface area (Å²) in [6.07, 6.45) is 3.72. The van der Waals surface area contributed by atoms with Crippen molar-refractivity contribution >= 4 is 5.69 Å². The quantitative estimate of drug-likeness (QED) is 0.864. The fourth-order valence-corrected chi connectivity index (χ4v) is 2.03. The standard InChI is InChI=1S/C15H18N2/c1-11-4-12(2)6-14(5-11)9-17-15-7-13(3)8-16-10-15/h4-8,10,17H,9H2,1-3H3. The van der Waals surface area contributed by atoms with E-state index in [-0.39, 0.29) is 0 Å². The van der Waals surface area contributed by atoms with Crippen LogP contribution in [0.3, 0.4) is 0 Å². The Balaban J connectivity index is 2.07. The number of nitrogens with one attached hydrogen (secondary N) is 1. The highest BCUT2D eigenvalue weighted by Gasteiger charge is 1.97. The number of hydrogen-bond donors (Lipinski definition) is 1. The minimum absolute atomic E-state index is 0.841. The zero-order valence-electron chi connectivity index (χ0n) is 10.6. The van der Waals surface area contributed by atoms with Gasteiger partial charge in [-0.3, -0.25) is 4.98 Å². The van der Waals surface area contributed by atoms with E-state index >= 15 is 0 Å². The SMILES string of the molecule is Cc1cc(C)cc(CNc2cncc(C)c2)c1. The lowest BCUT2D eigenvalue weighted by molar-refractivity contribution is 1.12. The summed E-state index contributed by atoms with van der Waals surface area (Å²) in [5.41, 5.74) is 6.18. The molecule has 2 rings (SSSR count). The molecule has 0 saturated carbocycles. The number of anilines is 1. The third kappa shape index (κ3) is 3.31. The summed E-state index contributed by atoms with van der Waals surface area (Å²) in [6.45, 7) is 7.15. The van der Waals surface area contributed by atoms with E-state index in [9.17, 15) is 0 Å². The van der Waals surface area contributed by atoms with Crippen molar-refractivity contribution in [2.45, 2.75) is 27.3 Å². The Bertz CT molecular complexity index is 498. The molecule has 0 radical (unpaired) electrons. The maximum absolute atomic E-state index is 4.17. The predicted molar refractivity (Wildman–Crippen MR) is 72.2 cm³/mol. The van der Waals surface area contributed by atoms with Crippen LogP contribution in [0.25, 0.3) is 0 Å². The van der Waals surface area contributed by atoms with E-state index in [1.807, 2.05) is 12.4 Å². The molecule has 0 aliphatic heterocycles. The number of benzene rings is 1. The number of rotatable bonds is 3. The molecule has 0 aliphatic carbocycles. The summed E-state index contributed by atoms with van der Waals surface area (Å²) in [5.74, 6) is 0.